The smallest absolute Gasteiger partial charge is 0.228 e. The first-order valence-corrected chi connectivity index (χ1v) is 8.45. The quantitative estimate of drug-likeness (QED) is 0.572. The third kappa shape index (κ3) is 3.51. The van der Waals surface area contributed by atoms with E-state index in [0.717, 1.165) is 16.8 Å². The highest BCUT2D eigenvalue weighted by Gasteiger charge is 2.17. The van der Waals surface area contributed by atoms with Gasteiger partial charge in [0.15, 0.2) is 0 Å². The zero-order valence-corrected chi connectivity index (χ0v) is 14.4. The zero-order valence-electron chi connectivity index (χ0n) is 14.4. The highest BCUT2D eigenvalue weighted by atomic mass is 15.1. The lowest BCUT2D eigenvalue weighted by Gasteiger charge is -2.12. The average molecular weight is 349 g/mol. The summed E-state index contributed by atoms with van der Waals surface area (Å²) in [5.74, 6) is 0.429. The van der Waals surface area contributed by atoms with Gasteiger partial charge in [-0.15, -0.1) is 0 Å². The first-order valence-electron chi connectivity index (χ1n) is 8.45. The van der Waals surface area contributed by atoms with Crippen molar-refractivity contribution in [1.82, 2.24) is 15.0 Å². The molecule has 4 rings (SSSR count). The molecule has 2 heterocycles. The van der Waals surface area contributed by atoms with Gasteiger partial charge in [0.25, 0.3) is 0 Å². The molecule has 128 valence electrons. The number of rotatable bonds is 4. The summed E-state index contributed by atoms with van der Waals surface area (Å²) in [6.07, 6.45) is 3.39. The molecule has 0 spiro atoms. The average Bonchev–Trinajstić information content (AvgIpc) is 2.75. The molecule has 2 aromatic heterocycles. The van der Waals surface area contributed by atoms with E-state index >= 15 is 0 Å². The molecule has 5 nitrogen and oxygen atoms in total. The second-order valence-electron chi connectivity index (χ2n) is 5.83. The minimum Gasteiger partial charge on any atom is -0.324 e. The lowest BCUT2D eigenvalue weighted by atomic mass is 10.0. The highest BCUT2D eigenvalue weighted by Crippen LogP contribution is 2.30. The van der Waals surface area contributed by atoms with Gasteiger partial charge in [0.2, 0.25) is 5.95 Å². The van der Waals surface area contributed by atoms with Crippen molar-refractivity contribution >= 4 is 11.6 Å². The standard InChI is InChI=1S/C22H15N5/c23-14-19-20(16-8-3-1-4-9-16)26-22(25-18-11-5-2-6-12-18)27-21(19)17-10-7-13-24-15-17/h1-13,15H,(H,25,26,27). The number of hydrogen-bond donors (Lipinski definition) is 1. The monoisotopic (exact) mass is 349 g/mol. The molecule has 0 fully saturated rings. The SMILES string of the molecule is N#Cc1c(-c2ccccc2)nc(Nc2ccccc2)nc1-c1cccnc1. The van der Waals surface area contributed by atoms with Crippen LogP contribution >= 0.6 is 0 Å². The Labute approximate surface area is 157 Å². The number of hydrogen-bond acceptors (Lipinski definition) is 5. The van der Waals surface area contributed by atoms with Gasteiger partial charge in [0.1, 0.15) is 11.6 Å². The Balaban J connectivity index is 1.92. The van der Waals surface area contributed by atoms with E-state index in [9.17, 15) is 5.26 Å². The lowest BCUT2D eigenvalue weighted by Crippen LogP contribution is -2.04. The Kier molecular flexibility index (Phi) is 4.54. The Morgan fingerprint density at radius 2 is 1.37 bits per heavy atom. The van der Waals surface area contributed by atoms with Gasteiger partial charge in [-0.1, -0.05) is 48.5 Å². The summed E-state index contributed by atoms with van der Waals surface area (Å²) in [5.41, 5.74) is 4.07. The molecular formula is C22H15N5. The summed E-state index contributed by atoms with van der Waals surface area (Å²) in [4.78, 5) is 13.4. The third-order valence-corrected chi connectivity index (χ3v) is 4.03. The van der Waals surface area contributed by atoms with Gasteiger partial charge in [-0.3, -0.25) is 4.98 Å². The second kappa shape index (κ2) is 7.46. The molecule has 5 heteroatoms. The summed E-state index contributed by atoms with van der Waals surface area (Å²) in [7, 11) is 0. The summed E-state index contributed by atoms with van der Waals surface area (Å²) < 4.78 is 0. The molecule has 0 atom stereocenters. The number of para-hydroxylation sites is 1. The van der Waals surface area contributed by atoms with E-state index in [1.165, 1.54) is 0 Å². The maximum Gasteiger partial charge on any atom is 0.228 e. The van der Waals surface area contributed by atoms with Crippen molar-refractivity contribution in [1.29, 1.82) is 5.26 Å². The third-order valence-electron chi connectivity index (χ3n) is 4.03. The van der Waals surface area contributed by atoms with Crippen molar-refractivity contribution in [2.45, 2.75) is 0 Å². The summed E-state index contributed by atoms with van der Waals surface area (Å²) >= 11 is 0. The Bertz CT molecular complexity index is 1030. The minimum absolute atomic E-state index is 0.424. The molecule has 0 unspecified atom stereocenters. The van der Waals surface area contributed by atoms with Crippen molar-refractivity contribution in [3.8, 4) is 28.6 Å². The van der Waals surface area contributed by atoms with Crippen LogP contribution in [0.1, 0.15) is 5.56 Å². The van der Waals surface area contributed by atoms with Crippen molar-refractivity contribution in [3.05, 3.63) is 90.8 Å². The molecule has 0 aliphatic heterocycles. The van der Waals surface area contributed by atoms with Gasteiger partial charge in [-0.05, 0) is 24.3 Å². The molecule has 0 saturated heterocycles. The van der Waals surface area contributed by atoms with Crippen molar-refractivity contribution in [2.75, 3.05) is 5.32 Å². The van der Waals surface area contributed by atoms with E-state index in [1.807, 2.05) is 72.8 Å². The molecule has 2 aromatic carbocycles. The Morgan fingerprint density at radius 1 is 0.741 bits per heavy atom. The van der Waals surface area contributed by atoms with Crippen LogP contribution in [0.15, 0.2) is 85.2 Å². The number of nitriles is 1. The Hall–Kier alpha value is -4.04. The lowest BCUT2D eigenvalue weighted by molar-refractivity contribution is 1.15. The molecule has 0 saturated carbocycles. The Morgan fingerprint density at radius 3 is 2.00 bits per heavy atom. The molecule has 1 N–H and O–H groups in total. The van der Waals surface area contributed by atoms with E-state index in [0.29, 0.717) is 22.9 Å². The van der Waals surface area contributed by atoms with Crippen LogP contribution in [0.4, 0.5) is 11.6 Å². The first kappa shape index (κ1) is 16.4. The van der Waals surface area contributed by atoms with Crippen LogP contribution < -0.4 is 5.32 Å². The second-order valence-corrected chi connectivity index (χ2v) is 5.83. The molecule has 0 aliphatic rings. The van der Waals surface area contributed by atoms with Crippen LogP contribution in [0.25, 0.3) is 22.5 Å². The van der Waals surface area contributed by atoms with Crippen molar-refractivity contribution in [3.63, 3.8) is 0 Å². The van der Waals surface area contributed by atoms with E-state index in [1.54, 1.807) is 12.4 Å². The maximum absolute atomic E-state index is 9.83. The fourth-order valence-corrected chi connectivity index (χ4v) is 2.79. The topological polar surface area (TPSA) is 74.5 Å². The van der Waals surface area contributed by atoms with Crippen LogP contribution in [-0.4, -0.2) is 15.0 Å². The summed E-state index contributed by atoms with van der Waals surface area (Å²) in [6.45, 7) is 0. The van der Waals surface area contributed by atoms with Gasteiger partial charge >= 0.3 is 0 Å². The molecular weight excluding hydrogens is 334 g/mol. The van der Waals surface area contributed by atoms with Gasteiger partial charge in [-0.25, -0.2) is 9.97 Å². The fourth-order valence-electron chi connectivity index (χ4n) is 2.79. The largest absolute Gasteiger partial charge is 0.324 e. The fraction of sp³-hybridized carbons (Fsp3) is 0. The van der Waals surface area contributed by atoms with E-state index < -0.39 is 0 Å². The predicted octanol–water partition coefficient (Wildman–Crippen LogP) is 4.82. The number of pyridine rings is 1. The first-order chi connectivity index (χ1) is 13.3. The number of anilines is 2. The number of nitrogens with zero attached hydrogens (tertiary/aromatic N) is 4. The molecule has 0 radical (unpaired) electrons. The summed E-state index contributed by atoms with van der Waals surface area (Å²) in [6, 6.07) is 25.3. The van der Waals surface area contributed by atoms with Crippen LogP contribution in [0, 0.1) is 11.3 Å². The van der Waals surface area contributed by atoms with Gasteiger partial charge in [0.05, 0.1) is 11.4 Å². The maximum atomic E-state index is 9.83. The summed E-state index contributed by atoms with van der Waals surface area (Å²) in [5, 5.41) is 13.1. The van der Waals surface area contributed by atoms with E-state index in [-0.39, 0.29) is 0 Å². The zero-order chi connectivity index (χ0) is 18.5. The number of benzene rings is 2. The minimum atomic E-state index is 0.424. The molecule has 27 heavy (non-hydrogen) atoms. The number of nitrogens with one attached hydrogen (secondary N) is 1. The van der Waals surface area contributed by atoms with E-state index in [4.69, 9.17) is 0 Å². The van der Waals surface area contributed by atoms with Crippen molar-refractivity contribution in [2.24, 2.45) is 0 Å². The molecule has 0 bridgehead atoms. The van der Waals surface area contributed by atoms with Crippen LogP contribution in [0.3, 0.4) is 0 Å². The number of aromatic nitrogens is 3. The van der Waals surface area contributed by atoms with E-state index in [2.05, 4.69) is 26.3 Å². The van der Waals surface area contributed by atoms with Gasteiger partial charge in [0, 0.05) is 29.2 Å². The van der Waals surface area contributed by atoms with Crippen LogP contribution in [0.2, 0.25) is 0 Å². The van der Waals surface area contributed by atoms with Crippen LogP contribution in [-0.2, 0) is 0 Å². The van der Waals surface area contributed by atoms with Crippen molar-refractivity contribution < 1.29 is 0 Å². The van der Waals surface area contributed by atoms with Crippen LogP contribution in [0.5, 0.6) is 0 Å². The van der Waals surface area contributed by atoms with Gasteiger partial charge < -0.3 is 5.32 Å². The van der Waals surface area contributed by atoms with Gasteiger partial charge in [-0.2, -0.15) is 5.26 Å². The molecule has 4 aromatic rings. The molecule has 0 amide bonds. The highest BCUT2D eigenvalue weighted by molar-refractivity contribution is 5.78. The molecule has 0 aliphatic carbocycles. The normalized spacial score (nSPS) is 10.2. The predicted molar refractivity (Wildman–Crippen MR) is 105 cm³/mol.